The molecule has 4 heteroatoms. The van der Waals surface area contributed by atoms with Gasteiger partial charge in [-0.05, 0) is 12.1 Å². The van der Waals surface area contributed by atoms with Gasteiger partial charge in [0, 0.05) is 13.0 Å². The average molecular weight is 213 g/mol. The summed E-state index contributed by atoms with van der Waals surface area (Å²) in [5.74, 6) is 5.04. The lowest BCUT2D eigenvalue weighted by Crippen LogP contribution is -1.96. The number of rotatable bonds is 1. The molecule has 1 aromatic carbocycles. The molecule has 0 saturated heterocycles. The van der Waals surface area contributed by atoms with Gasteiger partial charge in [0.2, 0.25) is 0 Å². The Hall–Kier alpha value is -1.24. The first kappa shape index (κ1) is 10.8. The van der Waals surface area contributed by atoms with E-state index >= 15 is 0 Å². The van der Waals surface area contributed by atoms with Crippen molar-refractivity contribution in [1.29, 1.82) is 0 Å². The smallest absolute Gasteiger partial charge is 0.126 e. The molecule has 2 nitrogen and oxygen atoms in total. The molecule has 0 aliphatic rings. The van der Waals surface area contributed by atoms with Crippen LogP contribution in [0.2, 0.25) is 5.02 Å². The fourth-order valence-electron chi connectivity index (χ4n) is 0.918. The maximum Gasteiger partial charge on any atom is 0.126 e. The molecule has 1 rings (SSSR count). The van der Waals surface area contributed by atoms with Crippen molar-refractivity contribution in [2.24, 2.45) is 5.73 Å². The number of halogens is 2. The molecule has 14 heavy (non-hydrogen) atoms. The molecule has 0 unspecified atom stereocenters. The van der Waals surface area contributed by atoms with Gasteiger partial charge in [0.15, 0.2) is 0 Å². The standard InChI is InChI=1S/C10H10ClFN2/c11-9-6-8(12)5-7(10(9)14)3-1-2-4-13/h5-6H,2,4,13-14H2. The van der Waals surface area contributed by atoms with E-state index in [4.69, 9.17) is 23.1 Å². The molecule has 0 radical (unpaired) electrons. The summed E-state index contributed by atoms with van der Waals surface area (Å²) in [6, 6.07) is 2.41. The number of nitrogen functional groups attached to an aromatic ring is 1. The van der Waals surface area contributed by atoms with E-state index in [1.54, 1.807) is 0 Å². The molecule has 0 heterocycles. The Balaban J connectivity index is 3.04. The van der Waals surface area contributed by atoms with Crippen LogP contribution in [0.5, 0.6) is 0 Å². The molecule has 0 amide bonds. The van der Waals surface area contributed by atoms with Crippen LogP contribution in [-0.2, 0) is 0 Å². The zero-order valence-electron chi connectivity index (χ0n) is 7.48. The first-order chi connectivity index (χ1) is 6.65. The summed E-state index contributed by atoms with van der Waals surface area (Å²) in [5.41, 5.74) is 11.6. The molecule has 0 fully saturated rings. The Morgan fingerprint density at radius 1 is 1.43 bits per heavy atom. The molecule has 0 aliphatic heterocycles. The quantitative estimate of drug-likeness (QED) is 0.551. The third-order valence-corrected chi connectivity index (χ3v) is 1.90. The summed E-state index contributed by atoms with van der Waals surface area (Å²) in [5, 5.41) is 0.182. The second-order valence-electron chi connectivity index (χ2n) is 2.69. The van der Waals surface area contributed by atoms with Gasteiger partial charge in [-0.2, -0.15) is 0 Å². The minimum atomic E-state index is -0.443. The number of hydrogen-bond donors (Lipinski definition) is 2. The van der Waals surface area contributed by atoms with Crippen molar-refractivity contribution < 1.29 is 4.39 Å². The molecule has 0 spiro atoms. The van der Waals surface area contributed by atoms with Crippen molar-refractivity contribution in [1.82, 2.24) is 0 Å². The molecule has 0 bridgehead atoms. The summed E-state index contributed by atoms with van der Waals surface area (Å²) in [7, 11) is 0. The minimum Gasteiger partial charge on any atom is -0.397 e. The van der Waals surface area contributed by atoms with Crippen LogP contribution in [0, 0.1) is 17.7 Å². The molecule has 74 valence electrons. The highest BCUT2D eigenvalue weighted by Crippen LogP contribution is 2.23. The lowest BCUT2D eigenvalue weighted by Gasteiger charge is -2.00. The molecular formula is C10H10ClFN2. The van der Waals surface area contributed by atoms with Crippen LogP contribution >= 0.6 is 11.6 Å². The predicted octanol–water partition coefficient (Wildman–Crippen LogP) is 1.76. The first-order valence-corrected chi connectivity index (χ1v) is 4.46. The van der Waals surface area contributed by atoms with Gasteiger partial charge in [0.05, 0.1) is 16.3 Å². The summed E-state index contributed by atoms with van der Waals surface area (Å²) in [6.07, 6.45) is 0.549. The minimum absolute atomic E-state index is 0.182. The van der Waals surface area contributed by atoms with E-state index in [-0.39, 0.29) is 5.02 Å². The predicted molar refractivity (Wildman–Crippen MR) is 56.4 cm³/mol. The van der Waals surface area contributed by atoms with E-state index in [9.17, 15) is 4.39 Å². The maximum absolute atomic E-state index is 12.9. The summed E-state index contributed by atoms with van der Waals surface area (Å²) in [4.78, 5) is 0. The maximum atomic E-state index is 12.9. The van der Waals surface area contributed by atoms with Crippen molar-refractivity contribution in [2.45, 2.75) is 6.42 Å². The van der Waals surface area contributed by atoms with E-state index in [0.717, 1.165) is 6.07 Å². The lowest BCUT2D eigenvalue weighted by atomic mass is 10.2. The topological polar surface area (TPSA) is 52.0 Å². The van der Waals surface area contributed by atoms with E-state index in [1.807, 2.05) is 0 Å². The van der Waals surface area contributed by atoms with E-state index in [1.165, 1.54) is 6.07 Å². The van der Waals surface area contributed by atoms with Gasteiger partial charge in [0.1, 0.15) is 5.82 Å². The number of benzene rings is 1. The zero-order valence-corrected chi connectivity index (χ0v) is 8.24. The summed E-state index contributed by atoms with van der Waals surface area (Å²) >= 11 is 5.67. The number of nitrogens with two attached hydrogens (primary N) is 2. The van der Waals surface area contributed by atoms with Crippen molar-refractivity contribution in [3.8, 4) is 11.8 Å². The Labute approximate surface area is 87.0 Å². The van der Waals surface area contributed by atoms with Gasteiger partial charge < -0.3 is 11.5 Å². The van der Waals surface area contributed by atoms with Gasteiger partial charge in [0.25, 0.3) is 0 Å². The largest absolute Gasteiger partial charge is 0.397 e. The Bertz CT molecular complexity index is 393. The van der Waals surface area contributed by atoms with Crippen molar-refractivity contribution in [2.75, 3.05) is 12.3 Å². The molecule has 0 aromatic heterocycles. The van der Waals surface area contributed by atoms with E-state index in [0.29, 0.717) is 24.2 Å². The van der Waals surface area contributed by atoms with Crippen LogP contribution in [0.15, 0.2) is 12.1 Å². The molecular weight excluding hydrogens is 203 g/mol. The lowest BCUT2D eigenvalue weighted by molar-refractivity contribution is 0.628. The van der Waals surface area contributed by atoms with Crippen molar-refractivity contribution in [3.63, 3.8) is 0 Å². The van der Waals surface area contributed by atoms with E-state index in [2.05, 4.69) is 11.8 Å². The highest BCUT2D eigenvalue weighted by molar-refractivity contribution is 6.33. The fraction of sp³-hybridized carbons (Fsp3) is 0.200. The molecule has 4 N–H and O–H groups in total. The molecule has 0 saturated carbocycles. The number of hydrogen-bond acceptors (Lipinski definition) is 2. The van der Waals surface area contributed by atoms with Gasteiger partial charge in [-0.1, -0.05) is 23.4 Å². The first-order valence-electron chi connectivity index (χ1n) is 4.08. The van der Waals surface area contributed by atoms with Crippen LogP contribution in [0.4, 0.5) is 10.1 Å². The van der Waals surface area contributed by atoms with Crippen LogP contribution in [0.1, 0.15) is 12.0 Å². The van der Waals surface area contributed by atoms with Crippen molar-refractivity contribution >= 4 is 17.3 Å². The van der Waals surface area contributed by atoms with Crippen LogP contribution < -0.4 is 11.5 Å². The Kier molecular flexibility index (Phi) is 3.75. The Morgan fingerprint density at radius 2 is 2.14 bits per heavy atom. The Morgan fingerprint density at radius 3 is 2.79 bits per heavy atom. The van der Waals surface area contributed by atoms with Crippen LogP contribution in [-0.4, -0.2) is 6.54 Å². The van der Waals surface area contributed by atoms with Gasteiger partial charge in [-0.25, -0.2) is 4.39 Å². The average Bonchev–Trinajstić information content (AvgIpc) is 2.13. The van der Waals surface area contributed by atoms with Crippen molar-refractivity contribution in [3.05, 3.63) is 28.5 Å². The zero-order chi connectivity index (χ0) is 10.6. The van der Waals surface area contributed by atoms with Crippen LogP contribution in [0.3, 0.4) is 0 Å². The monoisotopic (exact) mass is 212 g/mol. The van der Waals surface area contributed by atoms with Gasteiger partial charge >= 0.3 is 0 Å². The second kappa shape index (κ2) is 4.85. The molecule has 0 atom stereocenters. The summed E-state index contributed by atoms with van der Waals surface area (Å²) in [6.45, 7) is 0.468. The fourth-order valence-corrected chi connectivity index (χ4v) is 1.12. The summed E-state index contributed by atoms with van der Waals surface area (Å²) < 4.78 is 12.9. The van der Waals surface area contributed by atoms with Gasteiger partial charge in [-0.15, -0.1) is 0 Å². The van der Waals surface area contributed by atoms with E-state index < -0.39 is 5.82 Å². The third kappa shape index (κ3) is 2.63. The SMILES string of the molecule is NCCC#Cc1cc(F)cc(Cl)c1N. The third-order valence-electron chi connectivity index (χ3n) is 1.59. The molecule has 1 aromatic rings. The normalized spacial score (nSPS) is 9.36. The number of anilines is 1. The second-order valence-corrected chi connectivity index (χ2v) is 3.10. The van der Waals surface area contributed by atoms with Crippen LogP contribution in [0.25, 0.3) is 0 Å². The molecule has 0 aliphatic carbocycles. The van der Waals surface area contributed by atoms with Gasteiger partial charge in [-0.3, -0.25) is 0 Å². The highest BCUT2D eigenvalue weighted by atomic mass is 35.5. The highest BCUT2D eigenvalue weighted by Gasteiger charge is 2.03.